The molecule has 1 aliphatic heterocycles. The molecule has 0 spiro atoms. The van der Waals surface area contributed by atoms with Gasteiger partial charge in [0, 0.05) is 18.6 Å². The minimum absolute atomic E-state index is 0.0525. The van der Waals surface area contributed by atoms with Crippen molar-refractivity contribution >= 4 is 0 Å². The Hall–Kier alpha value is -0.120. The van der Waals surface area contributed by atoms with E-state index in [1.54, 1.807) is 0 Å². The van der Waals surface area contributed by atoms with Crippen LogP contribution in [-0.2, 0) is 9.47 Å². The second kappa shape index (κ2) is 5.25. The van der Waals surface area contributed by atoms with E-state index < -0.39 is 0 Å². The van der Waals surface area contributed by atoms with Crippen molar-refractivity contribution in [2.75, 3.05) is 6.61 Å². The lowest BCUT2D eigenvalue weighted by Gasteiger charge is -2.34. The van der Waals surface area contributed by atoms with E-state index >= 15 is 0 Å². The Morgan fingerprint density at radius 2 is 1.88 bits per heavy atom. The fraction of sp³-hybridized carbons (Fsp3) is 1.00. The summed E-state index contributed by atoms with van der Waals surface area (Å²) in [7, 11) is 0. The van der Waals surface area contributed by atoms with E-state index in [9.17, 15) is 0 Å². The van der Waals surface area contributed by atoms with Crippen LogP contribution in [-0.4, -0.2) is 30.0 Å². The first-order chi connectivity index (χ1) is 7.73. The molecule has 1 rings (SSSR count). The summed E-state index contributed by atoms with van der Waals surface area (Å²) >= 11 is 0. The van der Waals surface area contributed by atoms with Crippen molar-refractivity contribution < 1.29 is 9.47 Å². The van der Waals surface area contributed by atoms with Crippen LogP contribution in [0, 0.1) is 5.92 Å². The summed E-state index contributed by atoms with van der Waals surface area (Å²) in [6.07, 6.45) is 2.11. The van der Waals surface area contributed by atoms with E-state index in [0.29, 0.717) is 5.92 Å². The number of rotatable bonds is 5. The molecular weight excluding hydrogens is 214 g/mol. The van der Waals surface area contributed by atoms with Crippen LogP contribution in [0.1, 0.15) is 54.4 Å². The highest BCUT2D eigenvalue weighted by atomic mass is 16.5. The Morgan fingerprint density at radius 1 is 1.29 bits per heavy atom. The molecule has 3 heteroatoms. The number of hydrogen-bond donors (Lipinski definition) is 1. The van der Waals surface area contributed by atoms with Crippen molar-refractivity contribution in [3.8, 4) is 0 Å². The SMILES string of the molecule is CCOC(CC)C(N)C1CC(C)(C)OC1(C)C. The summed E-state index contributed by atoms with van der Waals surface area (Å²) in [5, 5.41) is 0. The molecule has 2 N–H and O–H groups in total. The van der Waals surface area contributed by atoms with Gasteiger partial charge in [-0.15, -0.1) is 0 Å². The topological polar surface area (TPSA) is 44.5 Å². The highest BCUT2D eigenvalue weighted by Crippen LogP contribution is 2.44. The van der Waals surface area contributed by atoms with Gasteiger partial charge in [0.25, 0.3) is 0 Å². The van der Waals surface area contributed by atoms with Crippen molar-refractivity contribution in [1.29, 1.82) is 0 Å². The molecule has 0 amide bonds. The van der Waals surface area contributed by atoms with Gasteiger partial charge in [0.15, 0.2) is 0 Å². The van der Waals surface area contributed by atoms with E-state index in [2.05, 4.69) is 34.6 Å². The molecule has 0 saturated carbocycles. The normalized spacial score (nSPS) is 30.2. The van der Waals surface area contributed by atoms with Crippen molar-refractivity contribution in [1.82, 2.24) is 0 Å². The van der Waals surface area contributed by atoms with Crippen LogP contribution < -0.4 is 5.73 Å². The fourth-order valence-electron chi connectivity index (χ4n) is 3.18. The van der Waals surface area contributed by atoms with Crippen LogP contribution in [0.25, 0.3) is 0 Å². The zero-order valence-electron chi connectivity index (χ0n) is 12.2. The molecule has 0 aliphatic carbocycles. The van der Waals surface area contributed by atoms with Crippen LogP contribution in [0.5, 0.6) is 0 Å². The molecule has 3 unspecified atom stereocenters. The zero-order chi connectivity index (χ0) is 13.3. The maximum atomic E-state index is 6.41. The monoisotopic (exact) mass is 243 g/mol. The Kier molecular flexibility index (Phi) is 4.61. The quantitative estimate of drug-likeness (QED) is 0.807. The van der Waals surface area contributed by atoms with E-state index in [0.717, 1.165) is 19.4 Å². The van der Waals surface area contributed by atoms with Gasteiger partial charge >= 0.3 is 0 Å². The molecule has 1 aliphatic rings. The summed E-state index contributed by atoms with van der Waals surface area (Å²) in [5.74, 6) is 0.356. The van der Waals surface area contributed by atoms with E-state index in [4.69, 9.17) is 15.2 Å². The molecule has 3 atom stereocenters. The standard InChI is InChI=1S/C14H29NO2/c1-7-11(16-8-2)12(15)10-9-13(3,4)17-14(10,5)6/h10-12H,7-9,15H2,1-6H3. The molecule has 102 valence electrons. The highest BCUT2D eigenvalue weighted by molar-refractivity contribution is 5.00. The largest absolute Gasteiger partial charge is 0.377 e. The van der Waals surface area contributed by atoms with Crippen LogP contribution in [0.4, 0.5) is 0 Å². The van der Waals surface area contributed by atoms with Gasteiger partial charge in [0.2, 0.25) is 0 Å². The van der Waals surface area contributed by atoms with E-state index in [1.807, 2.05) is 6.92 Å². The van der Waals surface area contributed by atoms with Gasteiger partial charge in [-0.3, -0.25) is 0 Å². The molecule has 1 fully saturated rings. The van der Waals surface area contributed by atoms with Crippen molar-refractivity contribution in [2.24, 2.45) is 11.7 Å². The third-order valence-electron chi connectivity index (χ3n) is 3.82. The number of nitrogens with two attached hydrogens (primary N) is 1. The number of hydrogen-bond acceptors (Lipinski definition) is 3. The Morgan fingerprint density at radius 3 is 2.24 bits per heavy atom. The van der Waals surface area contributed by atoms with Crippen LogP contribution in [0.3, 0.4) is 0 Å². The first-order valence-electron chi connectivity index (χ1n) is 6.81. The predicted molar refractivity (Wildman–Crippen MR) is 71.0 cm³/mol. The minimum atomic E-state index is -0.159. The number of ether oxygens (including phenoxy) is 2. The second-order valence-corrected chi connectivity index (χ2v) is 6.26. The minimum Gasteiger partial charge on any atom is -0.377 e. The second-order valence-electron chi connectivity index (χ2n) is 6.26. The van der Waals surface area contributed by atoms with Crippen molar-refractivity contribution in [3.63, 3.8) is 0 Å². The van der Waals surface area contributed by atoms with Gasteiger partial charge < -0.3 is 15.2 Å². The fourth-order valence-corrected chi connectivity index (χ4v) is 3.18. The smallest absolute Gasteiger partial charge is 0.0726 e. The predicted octanol–water partition coefficient (Wildman–Crippen LogP) is 2.72. The summed E-state index contributed by atoms with van der Waals surface area (Å²) < 4.78 is 11.9. The van der Waals surface area contributed by atoms with E-state index in [1.165, 1.54) is 0 Å². The van der Waals surface area contributed by atoms with Crippen molar-refractivity contribution in [3.05, 3.63) is 0 Å². The summed E-state index contributed by atoms with van der Waals surface area (Å²) in [5.41, 5.74) is 6.18. The molecular formula is C14H29NO2. The lowest BCUT2D eigenvalue weighted by atomic mass is 9.79. The van der Waals surface area contributed by atoms with Crippen LogP contribution >= 0.6 is 0 Å². The Balaban J connectivity index is 2.77. The summed E-state index contributed by atoms with van der Waals surface area (Å²) in [6.45, 7) is 13.5. The zero-order valence-corrected chi connectivity index (χ0v) is 12.2. The molecule has 3 nitrogen and oxygen atoms in total. The third kappa shape index (κ3) is 3.43. The van der Waals surface area contributed by atoms with Gasteiger partial charge in [-0.05, 0) is 47.5 Å². The van der Waals surface area contributed by atoms with Crippen LogP contribution in [0.15, 0.2) is 0 Å². The molecule has 0 bridgehead atoms. The molecule has 1 saturated heterocycles. The van der Waals surface area contributed by atoms with Crippen LogP contribution in [0.2, 0.25) is 0 Å². The van der Waals surface area contributed by atoms with Gasteiger partial charge in [-0.25, -0.2) is 0 Å². The first kappa shape index (κ1) is 14.9. The van der Waals surface area contributed by atoms with Gasteiger partial charge in [0.1, 0.15) is 0 Å². The lowest BCUT2D eigenvalue weighted by molar-refractivity contribution is -0.0835. The Labute approximate surface area is 106 Å². The average molecular weight is 243 g/mol. The molecule has 0 radical (unpaired) electrons. The third-order valence-corrected chi connectivity index (χ3v) is 3.82. The van der Waals surface area contributed by atoms with E-state index in [-0.39, 0.29) is 23.3 Å². The summed E-state index contributed by atoms with van der Waals surface area (Å²) in [6, 6.07) is 0.0525. The highest BCUT2D eigenvalue weighted by Gasteiger charge is 2.49. The lowest BCUT2D eigenvalue weighted by Crippen LogP contribution is -2.48. The van der Waals surface area contributed by atoms with Gasteiger partial charge in [-0.2, -0.15) is 0 Å². The molecule has 0 aromatic rings. The van der Waals surface area contributed by atoms with Gasteiger partial charge in [0.05, 0.1) is 17.3 Å². The summed E-state index contributed by atoms with van der Waals surface area (Å²) in [4.78, 5) is 0. The maximum absolute atomic E-state index is 6.41. The average Bonchev–Trinajstić information content (AvgIpc) is 2.42. The maximum Gasteiger partial charge on any atom is 0.0726 e. The molecule has 0 aromatic heterocycles. The van der Waals surface area contributed by atoms with Gasteiger partial charge in [-0.1, -0.05) is 6.92 Å². The first-order valence-corrected chi connectivity index (χ1v) is 6.81. The molecule has 17 heavy (non-hydrogen) atoms. The molecule has 1 heterocycles. The molecule has 0 aromatic carbocycles. The Bertz CT molecular complexity index is 251. The van der Waals surface area contributed by atoms with Crippen molar-refractivity contribution in [2.45, 2.75) is 77.7 Å².